The first kappa shape index (κ1) is 16.3. The molecule has 0 radical (unpaired) electrons. The van der Waals surface area contributed by atoms with Crippen LogP contribution >= 0.6 is 0 Å². The second-order valence-electron chi connectivity index (χ2n) is 4.53. The van der Waals surface area contributed by atoms with Gasteiger partial charge in [-0.15, -0.1) is 0 Å². The van der Waals surface area contributed by atoms with Crippen LogP contribution in [0.15, 0.2) is 18.2 Å². The Kier molecular flexibility index (Phi) is 5.34. The number of ether oxygens (including phenoxy) is 1. The number of hydrogen-bond acceptors (Lipinski definition) is 5. The van der Waals surface area contributed by atoms with Crippen molar-refractivity contribution in [3.8, 4) is 5.75 Å². The fraction of sp³-hybridized carbons (Fsp3) is 0.417. The highest BCUT2D eigenvalue weighted by molar-refractivity contribution is 7.93. The zero-order chi connectivity index (χ0) is 15.3. The van der Waals surface area contributed by atoms with Gasteiger partial charge in [0.2, 0.25) is 10.0 Å². The number of anilines is 1. The molecule has 0 saturated carbocycles. The van der Waals surface area contributed by atoms with Crippen molar-refractivity contribution in [3.05, 3.63) is 23.8 Å². The van der Waals surface area contributed by atoms with Crippen molar-refractivity contribution < 1.29 is 23.1 Å². The first-order valence-corrected chi connectivity index (χ1v) is 7.42. The molecule has 112 valence electrons. The molecule has 0 aliphatic rings. The molecule has 7 nitrogen and oxygen atoms in total. The minimum atomic E-state index is -3.95. The lowest BCUT2D eigenvalue weighted by Gasteiger charge is -2.14. The maximum Gasteiger partial charge on any atom is 0.320 e. The van der Waals surface area contributed by atoms with E-state index in [0.29, 0.717) is 12.3 Å². The molecule has 0 aliphatic carbocycles. The number of rotatable bonds is 7. The summed E-state index contributed by atoms with van der Waals surface area (Å²) in [7, 11) is 1.23. The molecule has 0 spiro atoms. The molecule has 0 amide bonds. The summed E-state index contributed by atoms with van der Waals surface area (Å²) >= 11 is 0. The second kappa shape index (κ2) is 6.58. The quantitative estimate of drug-likeness (QED) is 0.765. The number of carboxylic acids is 1. The van der Waals surface area contributed by atoms with Gasteiger partial charge in [0.1, 0.15) is 5.75 Å². The molecule has 20 heavy (non-hydrogen) atoms. The van der Waals surface area contributed by atoms with Crippen molar-refractivity contribution in [1.29, 1.82) is 0 Å². The van der Waals surface area contributed by atoms with Crippen molar-refractivity contribution in [3.63, 3.8) is 0 Å². The fourth-order valence-electron chi connectivity index (χ4n) is 1.66. The van der Waals surface area contributed by atoms with Gasteiger partial charge in [0.15, 0.2) is 5.75 Å². The predicted octanol–water partition coefficient (Wildman–Crippen LogP) is 0.583. The van der Waals surface area contributed by atoms with Crippen LogP contribution in [0.2, 0.25) is 0 Å². The molecule has 2 N–H and O–H groups in total. The van der Waals surface area contributed by atoms with E-state index in [1.807, 2.05) is 25.1 Å². The molecule has 0 saturated heterocycles. The van der Waals surface area contributed by atoms with Crippen LogP contribution < -0.4 is 9.46 Å². The Morgan fingerprint density at radius 2 is 2.05 bits per heavy atom. The number of nitrogens with zero attached hydrogens (tertiary/aromatic N) is 1. The van der Waals surface area contributed by atoms with Crippen LogP contribution in [0.3, 0.4) is 0 Å². The largest absolute Gasteiger partial charge is 0.495 e. The monoisotopic (exact) mass is 302 g/mol. The van der Waals surface area contributed by atoms with Crippen molar-refractivity contribution in [2.75, 3.05) is 31.7 Å². The third kappa shape index (κ3) is 5.06. The van der Waals surface area contributed by atoms with Crippen LogP contribution in [0.25, 0.3) is 0 Å². The van der Waals surface area contributed by atoms with Crippen molar-refractivity contribution in [1.82, 2.24) is 4.90 Å². The number of carboxylic acid groups (broad SMARTS) is 1. The van der Waals surface area contributed by atoms with E-state index in [2.05, 4.69) is 4.72 Å². The molecular weight excluding hydrogens is 284 g/mol. The Morgan fingerprint density at radius 3 is 2.55 bits per heavy atom. The predicted molar refractivity (Wildman–Crippen MR) is 75.4 cm³/mol. The number of sulfonamides is 1. The zero-order valence-electron chi connectivity index (χ0n) is 11.6. The molecule has 0 aromatic heterocycles. The molecule has 8 heteroatoms. The minimum Gasteiger partial charge on any atom is -0.495 e. The van der Waals surface area contributed by atoms with Crippen LogP contribution in [0.5, 0.6) is 5.75 Å². The molecule has 0 unspecified atom stereocenters. The summed E-state index contributed by atoms with van der Waals surface area (Å²) in [5.41, 5.74) is 1.11. The summed E-state index contributed by atoms with van der Waals surface area (Å²) < 4.78 is 30.6. The summed E-state index contributed by atoms with van der Waals surface area (Å²) in [4.78, 5) is 12.4. The maximum atomic E-state index is 11.7. The van der Waals surface area contributed by atoms with Crippen LogP contribution in [0.1, 0.15) is 5.56 Å². The van der Waals surface area contributed by atoms with Crippen LogP contribution in [0, 0.1) is 0 Å². The lowest BCUT2D eigenvalue weighted by Crippen LogP contribution is -2.22. The molecule has 1 aromatic carbocycles. The Labute approximate surface area is 118 Å². The topological polar surface area (TPSA) is 95.9 Å². The van der Waals surface area contributed by atoms with E-state index in [-0.39, 0.29) is 5.69 Å². The first-order chi connectivity index (χ1) is 9.23. The standard InChI is InChI=1S/C12H18N2O5S/c1-14(2)7-9-4-5-11(19-3)10(6-9)13-20(17,18)8-12(15)16/h4-6,13H,7-8H2,1-3H3,(H,15,16). The number of benzene rings is 1. The van der Waals surface area contributed by atoms with Gasteiger partial charge < -0.3 is 14.7 Å². The summed E-state index contributed by atoms with van der Waals surface area (Å²) in [6, 6.07) is 5.07. The average molecular weight is 302 g/mol. The zero-order valence-corrected chi connectivity index (χ0v) is 12.4. The van der Waals surface area contributed by atoms with Gasteiger partial charge in [-0.3, -0.25) is 9.52 Å². The number of methoxy groups -OCH3 is 1. The first-order valence-electron chi connectivity index (χ1n) is 5.77. The SMILES string of the molecule is COc1ccc(CN(C)C)cc1NS(=O)(=O)CC(=O)O. The lowest BCUT2D eigenvalue weighted by atomic mass is 10.2. The van der Waals surface area contributed by atoms with E-state index in [4.69, 9.17) is 9.84 Å². The van der Waals surface area contributed by atoms with E-state index in [1.165, 1.54) is 7.11 Å². The van der Waals surface area contributed by atoms with E-state index in [9.17, 15) is 13.2 Å². The average Bonchev–Trinajstić information content (AvgIpc) is 2.25. The van der Waals surface area contributed by atoms with E-state index >= 15 is 0 Å². The number of carbonyl (C=O) groups is 1. The van der Waals surface area contributed by atoms with Crippen molar-refractivity contribution >= 4 is 21.7 Å². The van der Waals surface area contributed by atoms with Gasteiger partial charge in [-0.2, -0.15) is 0 Å². The third-order valence-electron chi connectivity index (χ3n) is 2.34. The molecule has 1 aromatic rings. The van der Waals surface area contributed by atoms with Gasteiger partial charge in [0.25, 0.3) is 0 Å². The van der Waals surface area contributed by atoms with Gasteiger partial charge >= 0.3 is 5.97 Å². The van der Waals surface area contributed by atoms with Gasteiger partial charge in [0.05, 0.1) is 12.8 Å². The van der Waals surface area contributed by atoms with Gasteiger partial charge in [-0.05, 0) is 31.8 Å². The van der Waals surface area contributed by atoms with Crippen LogP contribution in [-0.4, -0.2) is 51.4 Å². The highest BCUT2D eigenvalue weighted by Crippen LogP contribution is 2.26. The fourth-order valence-corrected chi connectivity index (χ4v) is 2.56. The molecule has 0 heterocycles. The summed E-state index contributed by atoms with van der Waals surface area (Å²) in [6.07, 6.45) is 0. The smallest absolute Gasteiger partial charge is 0.320 e. The summed E-state index contributed by atoms with van der Waals surface area (Å²) in [6.45, 7) is 0.623. The van der Waals surface area contributed by atoms with Gasteiger partial charge in [0, 0.05) is 6.54 Å². The third-order valence-corrected chi connectivity index (χ3v) is 3.50. The van der Waals surface area contributed by atoms with Crippen molar-refractivity contribution in [2.45, 2.75) is 6.54 Å². The Balaban J connectivity index is 3.05. The highest BCUT2D eigenvalue weighted by Gasteiger charge is 2.18. The highest BCUT2D eigenvalue weighted by atomic mass is 32.2. The Hall–Kier alpha value is -1.80. The van der Waals surface area contributed by atoms with E-state index < -0.39 is 21.7 Å². The molecule has 0 fully saturated rings. The van der Waals surface area contributed by atoms with Crippen LogP contribution in [-0.2, 0) is 21.4 Å². The molecular formula is C12H18N2O5S. The number of aliphatic carboxylic acids is 1. The molecule has 0 atom stereocenters. The maximum absolute atomic E-state index is 11.7. The minimum absolute atomic E-state index is 0.230. The van der Waals surface area contributed by atoms with Crippen LogP contribution in [0.4, 0.5) is 5.69 Å². The van der Waals surface area contributed by atoms with Gasteiger partial charge in [-0.25, -0.2) is 8.42 Å². The molecule has 0 bridgehead atoms. The summed E-state index contributed by atoms with van der Waals surface area (Å²) in [5.74, 6) is -2.07. The normalized spacial score (nSPS) is 11.4. The Morgan fingerprint density at radius 1 is 1.40 bits per heavy atom. The molecule has 0 aliphatic heterocycles. The lowest BCUT2D eigenvalue weighted by molar-refractivity contribution is -0.134. The molecule has 1 rings (SSSR count). The van der Waals surface area contributed by atoms with Crippen molar-refractivity contribution in [2.24, 2.45) is 0 Å². The Bertz CT molecular complexity index is 584. The number of hydrogen-bond donors (Lipinski definition) is 2. The van der Waals surface area contributed by atoms with E-state index in [0.717, 1.165) is 5.56 Å². The number of nitrogens with one attached hydrogen (secondary N) is 1. The van der Waals surface area contributed by atoms with E-state index in [1.54, 1.807) is 12.1 Å². The summed E-state index contributed by atoms with van der Waals surface area (Å²) in [5, 5.41) is 8.57. The second-order valence-corrected chi connectivity index (χ2v) is 6.25. The van der Waals surface area contributed by atoms with Gasteiger partial charge in [-0.1, -0.05) is 6.07 Å².